The Hall–Kier alpha value is -2.50. The van der Waals surface area contributed by atoms with Crippen LogP contribution in [0.3, 0.4) is 0 Å². The molecule has 0 fully saturated rings. The predicted octanol–water partition coefficient (Wildman–Crippen LogP) is 4.44. The Morgan fingerprint density at radius 3 is 2.70 bits per heavy atom. The van der Waals surface area contributed by atoms with Crippen LogP contribution in [0.4, 0.5) is 0 Å². The molecule has 1 aromatic heterocycles. The van der Waals surface area contributed by atoms with E-state index < -0.39 is 5.97 Å². The molecule has 0 aliphatic heterocycles. The van der Waals surface area contributed by atoms with Crippen molar-refractivity contribution in [1.82, 2.24) is 10.3 Å². The van der Waals surface area contributed by atoms with Gasteiger partial charge in [-0.1, -0.05) is 47.5 Å². The Morgan fingerprint density at radius 2 is 1.93 bits per heavy atom. The van der Waals surface area contributed by atoms with Crippen molar-refractivity contribution in [2.24, 2.45) is 0 Å². The summed E-state index contributed by atoms with van der Waals surface area (Å²) >= 11 is 11.9. The average Bonchev–Trinajstić information content (AvgIpc) is 3.05. The largest absolute Gasteiger partial charge is 0.455 e. The number of carbonyl (C=O) groups excluding carboxylic acids is 2. The van der Waals surface area contributed by atoms with Crippen LogP contribution in [0.25, 0.3) is 10.9 Å². The lowest BCUT2D eigenvalue weighted by atomic mass is 10.1. The monoisotopic (exact) mass is 404 g/mol. The number of nitrogens with one attached hydrogen (secondary N) is 2. The molecule has 0 radical (unpaired) electrons. The van der Waals surface area contributed by atoms with Gasteiger partial charge in [0.15, 0.2) is 6.61 Å². The molecule has 5 nitrogen and oxygen atoms in total. The first-order chi connectivity index (χ1) is 12.9. The summed E-state index contributed by atoms with van der Waals surface area (Å²) in [7, 11) is 0. The maximum atomic E-state index is 12.0. The first-order valence-electron chi connectivity index (χ1n) is 8.39. The highest BCUT2D eigenvalue weighted by Crippen LogP contribution is 2.25. The maximum absolute atomic E-state index is 12.0. The molecule has 0 saturated carbocycles. The van der Waals surface area contributed by atoms with Gasteiger partial charge >= 0.3 is 5.97 Å². The molecular formula is C20H18Cl2N2O3. The van der Waals surface area contributed by atoms with Crippen molar-refractivity contribution in [2.75, 3.05) is 6.61 Å². The van der Waals surface area contributed by atoms with Crippen molar-refractivity contribution < 1.29 is 14.3 Å². The van der Waals surface area contributed by atoms with Gasteiger partial charge in [0.2, 0.25) is 0 Å². The van der Waals surface area contributed by atoms with Crippen LogP contribution in [0.2, 0.25) is 10.0 Å². The number of amides is 1. The Morgan fingerprint density at radius 1 is 1.15 bits per heavy atom. The highest BCUT2D eigenvalue weighted by Gasteiger charge is 2.14. The van der Waals surface area contributed by atoms with Gasteiger partial charge in [-0.15, -0.1) is 0 Å². The first-order valence-corrected chi connectivity index (χ1v) is 9.14. The number of H-pyrrole nitrogens is 1. The third-order valence-corrected chi connectivity index (χ3v) is 4.93. The second-order valence-electron chi connectivity index (χ2n) is 6.16. The molecule has 1 atom stereocenters. The Labute approximate surface area is 166 Å². The quantitative estimate of drug-likeness (QED) is 0.596. The van der Waals surface area contributed by atoms with Crippen molar-refractivity contribution in [3.05, 3.63) is 69.8 Å². The lowest BCUT2D eigenvalue weighted by molar-refractivity contribution is -0.148. The molecule has 0 aliphatic carbocycles. The van der Waals surface area contributed by atoms with Crippen molar-refractivity contribution >= 4 is 46.0 Å². The summed E-state index contributed by atoms with van der Waals surface area (Å²) in [5.41, 5.74) is 2.59. The molecule has 0 spiro atoms. The van der Waals surface area contributed by atoms with E-state index in [2.05, 4.69) is 10.3 Å². The summed E-state index contributed by atoms with van der Waals surface area (Å²) in [5, 5.41) is 4.59. The van der Waals surface area contributed by atoms with Gasteiger partial charge in [-0.25, -0.2) is 0 Å². The minimum Gasteiger partial charge on any atom is -0.455 e. The van der Waals surface area contributed by atoms with Crippen LogP contribution < -0.4 is 5.32 Å². The maximum Gasteiger partial charge on any atom is 0.310 e. The summed E-state index contributed by atoms with van der Waals surface area (Å²) in [4.78, 5) is 27.2. The van der Waals surface area contributed by atoms with Crippen LogP contribution in [0.15, 0.2) is 48.7 Å². The van der Waals surface area contributed by atoms with Crippen molar-refractivity contribution in [3.8, 4) is 0 Å². The number of halogens is 2. The van der Waals surface area contributed by atoms with Crippen LogP contribution >= 0.6 is 23.2 Å². The number of esters is 1. The van der Waals surface area contributed by atoms with Crippen LogP contribution in [0.1, 0.15) is 24.1 Å². The molecule has 3 rings (SSSR count). The number of carbonyl (C=O) groups is 2. The zero-order valence-corrected chi connectivity index (χ0v) is 16.1. The Balaban J connectivity index is 1.51. The van der Waals surface area contributed by atoms with E-state index in [4.69, 9.17) is 27.9 Å². The number of aromatic amines is 1. The zero-order chi connectivity index (χ0) is 19.4. The molecule has 1 amide bonds. The van der Waals surface area contributed by atoms with Crippen LogP contribution in [-0.2, 0) is 20.7 Å². The second kappa shape index (κ2) is 8.46. The molecule has 2 N–H and O–H groups in total. The van der Waals surface area contributed by atoms with E-state index in [1.165, 1.54) is 0 Å². The van der Waals surface area contributed by atoms with Gasteiger partial charge in [0, 0.05) is 17.1 Å². The number of ether oxygens (including phenoxy) is 1. The number of para-hydroxylation sites is 1. The van der Waals surface area contributed by atoms with Gasteiger partial charge in [-0.3, -0.25) is 9.59 Å². The van der Waals surface area contributed by atoms with E-state index in [1.807, 2.05) is 31.2 Å². The number of rotatable bonds is 6. The topological polar surface area (TPSA) is 71.2 Å². The molecule has 1 heterocycles. The van der Waals surface area contributed by atoms with Crippen molar-refractivity contribution in [3.63, 3.8) is 0 Å². The van der Waals surface area contributed by atoms with Gasteiger partial charge in [-0.2, -0.15) is 0 Å². The van der Waals surface area contributed by atoms with Crippen molar-refractivity contribution in [1.29, 1.82) is 0 Å². The summed E-state index contributed by atoms with van der Waals surface area (Å²) in [6.07, 6.45) is 1.87. The van der Waals surface area contributed by atoms with Gasteiger partial charge in [0.25, 0.3) is 5.91 Å². The van der Waals surface area contributed by atoms with Gasteiger partial charge in [0.1, 0.15) is 0 Å². The third kappa shape index (κ3) is 4.81. The van der Waals surface area contributed by atoms with E-state index in [0.29, 0.717) is 10.0 Å². The summed E-state index contributed by atoms with van der Waals surface area (Å²) in [6, 6.07) is 12.5. The zero-order valence-electron chi connectivity index (χ0n) is 14.6. The van der Waals surface area contributed by atoms with Gasteiger partial charge in [0.05, 0.1) is 22.5 Å². The third-order valence-electron chi connectivity index (χ3n) is 4.20. The molecule has 1 unspecified atom stereocenters. The summed E-state index contributed by atoms with van der Waals surface area (Å²) in [6.45, 7) is 1.47. The molecule has 0 saturated heterocycles. The molecule has 0 aliphatic rings. The lowest BCUT2D eigenvalue weighted by Gasteiger charge is -2.15. The van der Waals surface area contributed by atoms with E-state index >= 15 is 0 Å². The molecular weight excluding hydrogens is 387 g/mol. The van der Waals surface area contributed by atoms with Crippen LogP contribution in [0, 0.1) is 0 Å². The van der Waals surface area contributed by atoms with Crippen LogP contribution in [0.5, 0.6) is 0 Å². The van der Waals surface area contributed by atoms with E-state index in [0.717, 1.165) is 22.0 Å². The number of hydrogen-bond donors (Lipinski definition) is 2. The minimum absolute atomic E-state index is 0.0969. The molecule has 2 aromatic carbocycles. The summed E-state index contributed by atoms with van der Waals surface area (Å²) in [5.74, 6) is -0.849. The minimum atomic E-state index is -0.461. The van der Waals surface area contributed by atoms with Gasteiger partial charge in [-0.05, 0) is 36.2 Å². The SMILES string of the molecule is CC(NC(=O)COC(=O)Cc1c[nH]c2ccccc12)c1ccc(Cl)c(Cl)c1. The molecule has 27 heavy (non-hydrogen) atoms. The summed E-state index contributed by atoms with van der Waals surface area (Å²) < 4.78 is 5.09. The van der Waals surface area contributed by atoms with Gasteiger partial charge < -0.3 is 15.0 Å². The standard InChI is InChI=1S/C20H18Cl2N2O3/c1-12(13-6-7-16(21)17(22)8-13)24-19(25)11-27-20(26)9-14-10-23-18-5-3-2-4-15(14)18/h2-8,10,12,23H,9,11H2,1H3,(H,24,25). The second-order valence-corrected chi connectivity index (χ2v) is 6.97. The number of hydrogen-bond acceptors (Lipinski definition) is 3. The van der Waals surface area contributed by atoms with E-state index in [-0.39, 0.29) is 25.0 Å². The number of fused-ring (bicyclic) bond motifs is 1. The number of aromatic nitrogens is 1. The Kier molecular flexibility index (Phi) is 6.04. The number of benzene rings is 2. The first kappa shape index (κ1) is 19.3. The lowest BCUT2D eigenvalue weighted by Crippen LogP contribution is -2.31. The van der Waals surface area contributed by atoms with Crippen LogP contribution in [-0.4, -0.2) is 23.5 Å². The predicted molar refractivity (Wildman–Crippen MR) is 106 cm³/mol. The van der Waals surface area contributed by atoms with E-state index in [1.54, 1.807) is 24.4 Å². The fraction of sp³-hybridized carbons (Fsp3) is 0.200. The smallest absolute Gasteiger partial charge is 0.310 e. The fourth-order valence-electron chi connectivity index (χ4n) is 2.78. The van der Waals surface area contributed by atoms with E-state index in [9.17, 15) is 9.59 Å². The highest BCUT2D eigenvalue weighted by atomic mass is 35.5. The average molecular weight is 405 g/mol. The normalized spacial score (nSPS) is 12.0. The van der Waals surface area contributed by atoms with Crippen molar-refractivity contribution in [2.45, 2.75) is 19.4 Å². The molecule has 0 bridgehead atoms. The molecule has 7 heteroatoms. The fourth-order valence-corrected chi connectivity index (χ4v) is 3.09. The molecule has 140 valence electrons. The Bertz CT molecular complexity index is 984. The highest BCUT2D eigenvalue weighted by molar-refractivity contribution is 6.42. The molecule has 3 aromatic rings.